The van der Waals surface area contributed by atoms with Gasteiger partial charge < -0.3 is 15.0 Å². The molecule has 1 N–H and O–H groups in total. The van der Waals surface area contributed by atoms with Gasteiger partial charge in [-0.05, 0) is 25.7 Å². The van der Waals surface area contributed by atoms with Crippen molar-refractivity contribution in [1.29, 1.82) is 0 Å². The van der Waals surface area contributed by atoms with Crippen molar-refractivity contribution in [3.05, 3.63) is 17.0 Å². The maximum absolute atomic E-state index is 12.5. The molecule has 1 aromatic rings. The number of rotatable bonds is 3. The van der Waals surface area contributed by atoms with Crippen molar-refractivity contribution < 1.29 is 14.3 Å². The van der Waals surface area contributed by atoms with E-state index >= 15 is 0 Å². The normalized spacial score (nSPS) is 21.6. The topological polar surface area (TPSA) is 76.5 Å². The first kappa shape index (κ1) is 15.0. The Balaban J connectivity index is 1.63. The fourth-order valence-corrected chi connectivity index (χ4v) is 3.14. The Kier molecular flexibility index (Phi) is 4.15. The first-order valence-electron chi connectivity index (χ1n) is 7.74. The van der Waals surface area contributed by atoms with E-state index in [0.717, 1.165) is 36.9 Å². The van der Waals surface area contributed by atoms with E-state index in [1.807, 2.05) is 7.05 Å². The van der Waals surface area contributed by atoms with Crippen LogP contribution in [0.3, 0.4) is 0 Å². The zero-order valence-electron chi connectivity index (χ0n) is 13.1. The fraction of sp³-hybridized carbons (Fsp3) is 0.667. The first-order chi connectivity index (χ1) is 10.6. The molecule has 2 amide bonds. The van der Waals surface area contributed by atoms with Gasteiger partial charge in [-0.1, -0.05) is 0 Å². The molecule has 7 nitrogen and oxygen atoms in total. The number of hydrogen-bond acceptors (Lipinski definition) is 4. The molecule has 0 bridgehead atoms. The SMILES string of the molecule is CN1C[C@@H](CNC(=O)c2c3c(nn2C)CCCC3)OCC1=O. The minimum Gasteiger partial charge on any atom is -0.365 e. The molecule has 1 atom stereocenters. The van der Waals surface area contributed by atoms with Crippen LogP contribution in [-0.4, -0.2) is 59.3 Å². The number of hydrogen-bond donors (Lipinski definition) is 1. The smallest absolute Gasteiger partial charge is 0.269 e. The summed E-state index contributed by atoms with van der Waals surface area (Å²) in [5.74, 6) is -0.135. The van der Waals surface area contributed by atoms with Crippen LogP contribution in [0.25, 0.3) is 0 Å². The third-order valence-electron chi connectivity index (χ3n) is 4.37. The molecule has 1 aromatic heterocycles. The predicted octanol–water partition coefficient (Wildman–Crippen LogP) is -0.114. The first-order valence-corrected chi connectivity index (χ1v) is 7.74. The lowest BCUT2D eigenvalue weighted by molar-refractivity contribution is -0.146. The maximum Gasteiger partial charge on any atom is 0.269 e. The van der Waals surface area contributed by atoms with Crippen molar-refractivity contribution in [2.45, 2.75) is 31.8 Å². The van der Waals surface area contributed by atoms with Gasteiger partial charge in [-0.2, -0.15) is 5.10 Å². The lowest BCUT2D eigenvalue weighted by atomic mass is 9.95. The van der Waals surface area contributed by atoms with Gasteiger partial charge in [0.2, 0.25) is 5.91 Å². The molecule has 0 saturated carbocycles. The number of aryl methyl sites for hydroxylation is 2. The Morgan fingerprint density at radius 2 is 2.14 bits per heavy atom. The molecule has 0 aromatic carbocycles. The molecule has 1 aliphatic heterocycles. The van der Waals surface area contributed by atoms with E-state index in [2.05, 4.69) is 10.4 Å². The van der Waals surface area contributed by atoms with Gasteiger partial charge in [0.15, 0.2) is 0 Å². The summed E-state index contributed by atoms with van der Waals surface area (Å²) in [7, 11) is 3.56. The summed E-state index contributed by atoms with van der Waals surface area (Å²) in [6.07, 6.45) is 3.97. The molecule has 7 heteroatoms. The number of likely N-dealkylation sites (N-methyl/N-ethyl adjacent to an activating group) is 1. The number of aromatic nitrogens is 2. The Labute approximate surface area is 129 Å². The molecular weight excluding hydrogens is 284 g/mol. The number of nitrogens with one attached hydrogen (secondary N) is 1. The van der Waals surface area contributed by atoms with Crippen molar-refractivity contribution in [2.24, 2.45) is 7.05 Å². The van der Waals surface area contributed by atoms with Crippen LogP contribution in [0.4, 0.5) is 0 Å². The molecule has 2 heterocycles. The number of carbonyl (C=O) groups excluding carboxylic acids is 2. The predicted molar refractivity (Wildman–Crippen MR) is 79.6 cm³/mol. The van der Waals surface area contributed by atoms with Gasteiger partial charge >= 0.3 is 0 Å². The second-order valence-corrected chi connectivity index (χ2v) is 6.02. The number of carbonyl (C=O) groups is 2. The molecule has 1 fully saturated rings. The molecule has 1 aliphatic carbocycles. The van der Waals surface area contributed by atoms with Crippen LogP contribution in [0.15, 0.2) is 0 Å². The van der Waals surface area contributed by atoms with Crippen LogP contribution in [0.1, 0.15) is 34.6 Å². The molecule has 120 valence electrons. The Morgan fingerprint density at radius 3 is 2.91 bits per heavy atom. The van der Waals surface area contributed by atoms with Gasteiger partial charge in [-0.15, -0.1) is 0 Å². The standard InChI is InChI=1S/C15H22N4O3/c1-18-8-10(22-9-13(18)20)7-16-15(21)14-11-5-3-4-6-12(11)17-19(14)2/h10H,3-9H2,1-2H3,(H,16,21)/t10-/m1/s1. The van der Waals surface area contributed by atoms with E-state index in [1.54, 1.807) is 16.6 Å². The number of ether oxygens (including phenoxy) is 1. The van der Waals surface area contributed by atoms with Gasteiger partial charge in [0.05, 0.1) is 11.8 Å². The van der Waals surface area contributed by atoms with Crippen molar-refractivity contribution in [3.8, 4) is 0 Å². The summed E-state index contributed by atoms with van der Waals surface area (Å²) in [5.41, 5.74) is 2.80. The number of fused-ring (bicyclic) bond motifs is 1. The lowest BCUT2D eigenvalue weighted by Crippen LogP contribution is -2.48. The third-order valence-corrected chi connectivity index (χ3v) is 4.37. The third kappa shape index (κ3) is 2.85. The molecular formula is C15H22N4O3. The highest BCUT2D eigenvalue weighted by molar-refractivity contribution is 5.94. The minimum atomic E-state index is -0.157. The second-order valence-electron chi connectivity index (χ2n) is 6.02. The highest BCUT2D eigenvalue weighted by Crippen LogP contribution is 2.23. The number of morpholine rings is 1. The molecule has 2 aliphatic rings. The highest BCUT2D eigenvalue weighted by Gasteiger charge is 2.26. The second kappa shape index (κ2) is 6.08. The average Bonchev–Trinajstić information content (AvgIpc) is 2.84. The largest absolute Gasteiger partial charge is 0.365 e. The van der Waals surface area contributed by atoms with Crippen LogP contribution in [0.2, 0.25) is 0 Å². The van der Waals surface area contributed by atoms with E-state index in [4.69, 9.17) is 4.74 Å². The minimum absolute atomic E-state index is 0.0247. The quantitative estimate of drug-likeness (QED) is 0.845. The van der Waals surface area contributed by atoms with Crippen LogP contribution < -0.4 is 5.32 Å². The van der Waals surface area contributed by atoms with E-state index in [-0.39, 0.29) is 24.5 Å². The van der Waals surface area contributed by atoms with Crippen molar-refractivity contribution >= 4 is 11.8 Å². The maximum atomic E-state index is 12.5. The van der Waals surface area contributed by atoms with Crippen molar-refractivity contribution in [2.75, 3.05) is 26.7 Å². The van der Waals surface area contributed by atoms with Crippen LogP contribution in [-0.2, 0) is 29.4 Å². The number of nitrogens with zero attached hydrogens (tertiary/aromatic N) is 3. The van der Waals surface area contributed by atoms with Gasteiger partial charge in [0.1, 0.15) is 12.3 Å². The summed E-state index contributed by atoms with van der Waals surface area (Å²) >= 11 is 0. The average molecular weight is 306 g/mol. The van der Waals surface area contributed by atoms with Gasteiger partial charge in [-0.25, -0.2) is 0 Å². The van der Waals surface area contributed by atoms with Crippen LogP contribution in [0, 0.1) is 0 Å². The lowest BCUT2D eigenvalue weighted by Gasteiger charge is -2.29. The molecule has 22 heavy (non-hydrogen) atoms. The van der Waals surface area contributed by atoms with E-state index in [0.29, 0.717) is 18.8 Å². The van der Waals surface area contributed by atoms with Crippen LogP contribution >= 0.6 is 0 Å². The van der Waals surface area contributed by atoms with Gasteiger partial charge in [0, 0.05) is 32.7 Å². The highest BCUT2D eigenvalue weighted by atomic mass is 16.5. The summed E-state index contributed by atoms with van der Waals surface area (Å²) in [4.78, 5) is 25.5. The van der Waals surface area contributed by atoms with Gasteiger partial charge in [-0.3, -0.25) is 14.3 Å². The summed E-state index contributed by atoms with van der Waals surface area (Å²) < 4.78 is 7.13. The Morgan fingerprint density at radius 1 is 1.36 bits per heavy atom. The molecule has 3 rings (SSSR count). The Bertz CT molecular complexity index is 596. The number of amides is 2. The summed E-state index contributed by atoms with van der Waals surface area (Å²) in [5, 5.41) is 7.38. The van der Waals surface area contributed by atoms with E-state index in [9.17, 15) is 9.59 Å². The molecule has 1 saturated heterocycles. The van der Waals surface area contributed by atoms with Gasteiger partial charge in [0.25, 0.3) is 5.91 Å². The molecule has 0 spiro atoms. The fourth-order valence-electron chi connectivity index (χ4n) is 3.14. The van der Waals surface area contributed by atoms with Crippen LogP contribution in [0.5, 0.6) is 0 Å². The van der Waals surface area contributed by atoms with Crippen molar-refractivity contribution in [3.63, 3.8) is 0 Å². The Hall–Kier alpha value is -1.89. The zero-order chi connectivity index (χ0) is 15.7. The van der Waals surface area contributed by atoms with Crippen molar-refractivity contribution in [1.82, 2.24) is 20.0 Å². The molecule has 0 unspecified atom stereocenters. The zero-order valence-corrected chi connectivity index (χ0v) is 13.1. The molecule has 0 radical (unpaired) electrons. The summed E-state index contributed by atoms with van der Waals surface area (Å²) in [6.45, 7) is 0.983. The van der Waals surface area contributed by atoms with E-state index < -0.39 is 0 Å². The van der Waals surface area contributed by atoms with E-state index in [1.165, 1.54) is 0 Å². The summed E-state index contributed by atoms with van der Waals surface area (Å²) in [6, 6.07) is 0. The monoisotopic (exact) mass is 306 g/mol.